The summed E-state index contributed by atoms with van der Waals surface area (Å²) in [6.45, 7) is 2.91. The van der Waals surface area contributed by atoms with Gasteiger partial charge < -0.3 is 4.90 Å². The van der Waals surface area contributed by atoms with Crippen LogP contribution in [0.2, 0.25) is 0 Å². The molecule has 0 bridgehead atoms. The number of anilines is 1. The first-order chi connectivity index (χ1) is 9.00. The van der Waals surface area contributed by atoms with Crippen molar-refractivity contribution in [3.05, 3.63) is 40.3 Å². The molecule has 0 saturated heterocycles. The van der Waals surface area contributed by atoms with Gasteiger partial charge in [-0.15, -0.1) is 11.3 Å². The molecular weight excluding hydrogens is 275 g/mol. The zero-order chi connectivity index (χ0) is 13.9. The quantitative estimate of drug-likeness (QED) is 0.860. The van der Waals surface area contributed by atoms with Crippen LogP contribution in [0.3, 0.4) is 0 Å². The van der Waals surface area contributed by atoms with Gasteiger partial charge in [0, 0.05) is 17.6 Å². The van der Waals surface area contributed by atoms with E-state index in [2.05, 4.69) is 9.97 Å². The van der Waals surface area contributed by atoms with Gasteiger partial charge in [0.25, 0.3) is 0 Å². The SMILES string of the molecule is CCN(Cc1cccs1)c1nccc(C(F)(F)F)n1. The van der Waals surface area contributed by atoms with Gasteiger partial charge in [0.05, 0.1) is 6.54 Å². The van der Waals surface area contributed by atoms with E-state index >= 15 is 0 Å². The molecule has 0 amide bonds. The Bertz CT molecular complexity index is 525. The van der Waals surface area contributed by atoms with E-state index in [1.54, 1.807) is 16.2 Å². The highest BCUT2D eigenvalue weighted by Crippen LogP contribution is 2.28. The van der Waals surface area contributed by atoms with Crippen LogP contribution in [0.25, 0.3) is 0 Å². The van der Waals surface area contributed by atoms with Gasteiger partial charge in [-0.1, -0.05) is 6.07 Å². The second-order valence-electron chi connectivity index (χ2n) is 3.83. The van der Waals surface area contributed by atoms with Crippen LogP contribution in [-0.4, -0.2) is 16.5 Å². The molecule has 0 N–H and O–H groups in total. The highest BCUT2D eigenvalue weighted by molar-refractivity contribution is 7.09. The highest BCUT2D eigenvalue weighted by atomic mass is 32.1. The number of hydrogen-bond donors (Lipinski definition) is 0. The van der Waals surface area contributed by atoms with E-state index in [0.717, 1.165) is 17.1 Å². The topological polar surface area (TPSA) is 29.0 Å². The molecule has 19 heavy (non-hydrogen) atoms. The van der Waals surface area contributed by atoms with Gasteiger partial charge >= 0.3 is 6.18 Å². The van der Waals surface area contributed by atoms with Gasteiger partial charge in [-0.3, -0.25) is 0 Å². The lowest BCUT2D eigenvalue weighted by Crippen LogP contribution is -2.25. The summed E-state index contributed by atoms with van der Waals surface area (Å²) in [6, 6.07) is 4.71. The van der Waals surface area contributed by atoms with Gasteiger partial charge in [0.15, 0.2) is 0 Å². The molecule has 2 rings (SSSR count). The Labute approximate surface area is 112 Å². The average molecular weight is 287 g/mol. The molecule has 0 radical (unpaired) electrons. The largest absolute Gasteiger partial charge is 0.433 e. The third-order valence-electron chi connectivity index (χ3n) is 2.52. The molecular formula is C12H12F3N3S. The average Bonchev–Trinajstić information content (AvgIpc) is 2.88. The fraction of sp³-hybridized carbons (Fsp3) is 0.333. The Balaban J connectivity index is 2.23. The fourth-order valence-electron chi connectivity index (χ4n) is 1.57. The molecule has 0 aromatic carbocycles. The first-order valence-electron chi connectivity index (χ1n) is 5.68. The van der Waals surface area contributed by atoms with Crippen LogP contribution in [0.15, 0.2) is 29.8 Å². The molecule has 0 atom stereocenters. The molecule has 2 aromatic rings. The third-order valence-corrected chi connectivity index (χ3v) is 3.39. The molecule has 0 aliphatic rings. The highest BCUT2D eigenvalue weighted by Gasteiger charge is 2.33. The van der Waals surface area contributed by atoms with Gasteiger partial charge in [-0.2, -0.15) is 13.2 Å². The molecule has 3 nitrogen and oxygen atoms in total. The van der Waals surface area contributed by atoms with Crippen LogP contribution >= 0.6 is 11.3 Å². The Kier molecular flexibility index (Phi) is 4.04. The molecule has 0 aliphatic carbocycles. The minimum Gasteiger partial charge on any atom is -0.336 e. The van der Waals surface area contributed by atoms with Crippen LogP contribution in [0.4, 0.5) is 19.1 Å². The monoisotopic (exact) mass is 287 g/mol. The van der Waals surface area contributed by atoms with Crippen molar-refractivity contribution >= 4 is 17.3 Å². The van der Waals surface area contributed by atoms with E-state index in [9.17, 15) is 13.2 Å². The summed E-state index contributed by atoms with van der Waals surface area (Å²) in [5.41, 5.74) is -0.915. The van der Waals surface area contributed by atoms with Crippen LogP contribution in [0.1, 0.15) is 17.5 Å². The van der Waals surface area contributed by atoms with Crippen molar-refractivity contribution in [2.24, 2.45) is 0 Å². The van der Waals surface area contributed by atoms with Crippen LogP contribution in [0, 0.1) is 0 Å². The minimum atomic E-state index is -4.44. The number of rotatable bonds is 4. The number of halogens is 3. The number of nitrogens with zero attached hydrogens (tertiary/aromatic N) is 3. The molecule has 0 spiro atoms. The Morgan fingerprint density at radius 3 is 2.68 bits per heavy atom. The zero-order valence-electron chi connectivity index (χ0n) is 10.2. The first-order valence-corrected chi connectivity index (χ1v) is 6.56. The maximum Gasteiger partial charge on any atom is 0.433 e. The van der Waals surface area contributed by atoms with Crippen molar-refractivity contribution in [1.29, 1.82) is 0 Å². The predicted molar refractivity (Wildman–Crippen MR) is 68.1 cm³/mol. The number of alkyl halides is 3. The van der Waals surface area contributed by atoms with Crippen molar-refractivity contribution in [2.45, 2.75) is 19.6 Å². The lowest BCUT2D eigenvalue weighted by molar-refractivity contribution is -0.141. The van der Waals surface area contributed by atoms with E-state index in [0.29, 0.717) is 13.1 Å². The summed E-state index contributed by atoms with van der Waals surface area (Å²) < 4.78 is 37.8. The van der Waals surface area contributed by atoms with Crippen molar-refractivity contribution < 1.29 is 13.2 Å². The smallest absolute Gasteiger partial charge is 0.336 e. The van der Waals surface area contributed by atoms with Crippen LogP contribution in [-0.2, 0) is 12.7 Å². The van der Waals surface area contributed by atoms with Gasteiger partial charge in [-0.05, 0) is 24.4 Å². The Hall–Kier alpha value is -1.63. The lowest BCUT2D eigenvalue weighted by Gasteiger charge is -2.20. The zero-order valence-corrected chi connectivity index (χ0v) is 11.0. The Morgan fingerprint density at radius 1 is 1.32 bits per heavy atom. The van der Waals surface area contributed by atoms with Crippen molar-refractivity contribution in [2.75, 3.05) is 11.4 Å². The molecule has 7 heteroatoms. The summed E-state index contributed by atoms with van der Waals surface area (Å²) in [5.74, 6) is 0.103. The second kappa shape index (κ2) is 5.56. The maximum atomic E-state index is 12.6. The summed E-state index contributed by atoms with van der Waals surface area (Å²) in [5, 5.41) is 1.93. The second-order valence-corrected chi connectivity index (χ2v) is 4.87. The van der Waals surface area contributed by atoms with Gasteiger partial charge in [0.1, 0.15) is 5.69 Å². The van der Waals surface area contributed by atoms with E-state index < -0.39 is 11.9 Å². The molecule has 2 aromatic heterocycles. The molecule has 0 saturated carbocycles. The summed E-state index contributed by atoms with van der Waals surface area (Å²) in [7, 11) is 0. The van der Waals surface area contributed by atoms with Crippen molar-refractivity contribution in [3.8, 4) is 0 Å². The van der Waals surface area contributed by atoms with Gasteiger partial charge in [-0.25, -0.2) is 9.97 Å². The standard InChI is InChI=1S/C12H12F3N3S/c1-2-18(8-9-4-3-7-19-9)11-16-6-5-10(17-11)12(13,14)15/h3-7H,2,8H2,1H3. The van der Waals surface area contributed by atoms with Crippen LogP contribution in [0.5, 0.6) is 0 Å². The molecule has 0 unspecified atom stereocenters. The van der Waals surface area contributed by atoms with Crippen molar-refractivity contribution in [3.63, 3.8) is 0 Å². The summed E-state index contributed by atoms with van der Waals surface area (Å²) >= 11 is 1.55. The normalized spacial score (nSPS) is 11.6. The predicted octanol–water partition coefficient (Wildman–Crippen LogP) is 3.58. The van der Waals surface area contributed by atoms with E-state index in [1.165, 1.54) is 0 Å². The molecule has 2 heterocycles. The van der Waals surface area contributed by atoms with E-state index in [4.69, 9.17) is 0 Å². The van der Waals surface area contributed by atoms with Crippen LogP contribution < -0.4 is 4.90 Å². The Morgan fingerprint density at radius 2 is 2.11 bits per heavy atom. The third kappa shape index (κ3) is 3.44. The van der Waals surface area contributed by atoms with Crippen molar-refractivity contribution in [1.82, 2.24) is 9.97 Å². The minimum absolute atomic E-state index is 0.103. The summed E-state index contributed by atoms with van der Waals surface area (Å²) in [4.78, 5) is 10.3. The number of thiophene rings is 1. The van der Waals surface area contributed by atoms with E-state index in [1.807, 2.05) is 24.4 Å². The first kappa shape index (κ1) is 13.8. The number of hydrogen-bond acceptors (Lipinski definition) is 4. The lowest BCUT2D eigenvalue weighted by atomic mass is 10.4. The van der Waals surface area contributed by atoms with Gasteiger partial charge in [0.2, 0.25) is 5.95 Å². The molecule has 102 valence electrons. The molecule has 0 aliphatic heterocycles. The maximum absolute atomic E-state index is 12.6. The number of aromatic nitrogens is 2. The fourth-order valence-corrected chi connectivity index (χ4v) is 2.29. The van der Waals surface area contributed by atoms with E-state index in [-0.39, 0.29) is 5.95 Å². The summed E-state index contributed by atoms with van der Waals surface area (Å²) in [6.07, 6.45) is -3.30. The molecule has 0 fully saturated rings.